The van der Waals surface area contributed by atoms with Gasteiger partial charge in [0.2, 0.25) is 6.29 Å². The molecule has 1 heterocycles. The van der Waals surface area contributed by atoms with Crippen molar-refractivity contribution in [3.05, 3.63) is 120 Å². The smallest absolute Gasteiger partial charge is 0.228 e. The van der Waals surface area contributed by atoms with Gasteiger partial charge in [0.15, 0.2) is 0 Å². The fourth-order valence-corrected chi connectivity index (χ4v) is 3.85. The average molecular weight is 461 g/mol. The van der Waals surface area contributed by atoms with Crippen molar-refractivity contribution in [3.8, 4) is 0 Å². The van der Waals surface area contributed by atoms with Gasteiger partial charge in [-0.15, -0.1) is 0 Å². The molecule has 3 aromatic rings. The van der Waals surface area contributed by atoms with Gasteiger partial charge in [-0.25, -0.2) is 0 Å². The Morgan fingerprint density at radius 3 is 1.65 bits per heavy atom. The van der Waals surface area contributed by atoms with E-state index in [1.807, 2.05) is 104 Å². The first-order valence-corrected chi connectivity index (χ1v) is 11.7. The summed E-state index contributed by atoms with van der Waals surface area (Å²) in [5, 5.41) is 0. The quantitative estimate of drug-likeness (QED) is 0.346. The van der Waals surface area contributed by atoms with Crippen LogP contribution in [0.4, 0.5) is 0 Å². The Balaban J connectivity index is 1.52. The van der Waals surface area contributed by atoms with Gasteiger partial charge in [-0.05, 0) is 23.6 Å². The summed E-state index contributed by atoms with van der Waals surface area (Å²) < 4.78 is 31.0. The summed E-state index contributed by atoms with van der Waals surface area (Å²) in [5.74, 6) is 0. The Morgan fingerprint density at radius 2 is 1.15 bits per heavy atom. The van der Waals surface area contributed by atoms with Crippen molar-refractivity contribution >= 4 is 0 Å². The highest BCUT2D eigenvalue weighted by Crippen LogP contribution is 2.27. The average Bonchev–Trinajstić information content (AvgIpc) is 2.90. The van der Waals surface area contributed by atoms with Crippen molar-refractivity contribution in [3.63, 3.8) is 0 Å². The van der Waals surface area contributed by atoms with Crippen LogP contribution in [0.25, 0.3) is 0 Å². The van der Waals surface area contributed by atoms with Crippen molar-refractivity contribution in [2.45, 2.75) is 51.3 Å². The third kappa shape index (κ3) is 7.02. The second kappa shape index (κ2) is 13.1. The molecule has 5 nitrogen and oxygen atoms in total. The fourth-order valence-electron chi connectivity index (χ4n) is 3.85. The summed E-state index contributed by atoms with van der Waals surface area (Å²) in [5.41, 5.74) is 3.25. The number of ether oxygens (including phenoxy) is 5. The molecule has 0 spiro atoms. The third-order valence-corrected chi connectivity index (χ3v) is 5.61. The first-order chi connectivity index (χ1) is 16.8. The van der Waals surface area contributed by atoms with Crippen molar-refractivity contribution in [2.75, 3.05) is 6.61 Å². The van der Waals surface area contributed by atoms with Gasteiger partial charge in [-0.3, -0.25) is 0 Å². The number of allylic oxidation sites excluding steroid dienone is 1. The Bertz CT molecular complexity index is 977. The first-order valence-electron chi connectivity index (χ1n) is 11.7. The molecule has 5 heteroatoms. The minimum atomic E-state index is -0.600. The van der Waals surface area contributed by atoms with Crippen molar-refractivity contribution in [2.24, 2.45) is 0 Å². The zero-order valence-corrected chi connectivity index (χ0v) is 19.5. The van der Waals surface area contributed by atoms with Crippen LogP contribution in [0.3, 0.4) is 0 Å². The topological polar surface area (TPSA) is 46.2 Å². The van der Waals surface area contributed by atoms with Crippen LogP contribution in [0.1, 0.15) is 23.6 Å². The van der Waals surface area contributed by atoms with E-state index >= 15 is 0 Å². The summed E-state index contributed by atoms with van der Waals surface area (Å²) in [7, 11) is 0. The number of rotatable bonds is 11. The van der Waals surface area contributed by atoms with E-state index in [1.165, 1.54) is 0 Å². The molecule has 178 valence electrons. The Kier molecular flexibility index (Phi) is 9.29. The van der Waals surface area contributed by atoms with Crippen LogP contribution in [0.2, 0.25) is 0 Å². The molecule has 0 amide bonds. The zero-order valence-electron chi connectivity index (χ0n) is 19.5. The molecule has 1 aliphatic rings. The van der Waals surface area contributed by atoms with Gasteiger partial charge in [0.05, 0.1) is 32.7 Å². The highest BCUT2D eigenvalue weighted by atomic mass is 16.7. The van der Waals surface area contributed by atoms with Gasteiger partial charge in [0, 0.05) is 0 Å². The second-order valence-corrected chi connectivity index (χ2v) is 8.16. The van der Waals surface area contributed by atoms with Crippen LogP contribution in [-0.4, -0.2) is 31.2 Å². The number of hydrogen-bond acceptors (Lipinski definition) is 5. The maximum Gasteiger partial charge on any atom is 0.228 e. The lowest BCUT2D eigenvalue weighted by Gasteiger charge is -2.41. The van der Waals surface area contributed by atoms with E-state index in [2.05, 4.69) is 0 Å². The third-order valence-electron chi connectivity index (χ3n) is 5.61. The predicted molar refractivity (Wildman–Crippen MR) is 131 cm³/mol. The standard InChI is InChI=1S/C29H32O5/c1-2-18-30-29-28(33-21-25-16-10-5-11-17-25)27(32-20-24-14-8-4-9-15-24)26(22-34-29)31-19-23-12-6-3-7-13-23/h2-18,26-29H,19-22H2,1H3/b18-2+/t26-,27+,28-,29?/m1/s1. The molecular weight excluding hydrogens is 428 g/mol. The molecule has 4 atom stereocenters. The SMILES string of the molecule is C/C=C/OC1OC[C@@H](OCc2ccccc2)[C@H](OCc2ccccc2)[C@H]1OCc1ccccc1. The maximum atomic E-state index is 6.45. The van der Waals surface area contributed by atoms with Gasteiger partial charge in [0.25, 0.3) is 0 Å². The molecule has 3 aromatic carbocycles. The minimum Gasteiger partial charge on any atom is -0.470 e. The van der Waals surface area contributed by atoms with Crippen molar-refractivity contribution in [1.82, 2.24) is 0 Å². The van der Waals surface area contributed by atoms with Crippen LogP contribution < -0.4 is 0 Å². The Morgan fingerprint density at radius 1 is 0.676 bits per heavy atom. The molecule has 1 aliphatic heterocycles. The minimum absolute atomic E-state index is 0.310. The van der Waals surface area contributed by atoms with Crippen LogP contribution in [-0.2, 0) is 43.5 Å². The van der Waals surface area contributed by atoms with Gasteiger partial charge < -0.3 is 23.7 Å². The predicted octanol–water partition coefficient (Wildman–Crippen LogP) is 5.65. The lowest BCUT2D eigenvalue weighted by atomic mass is 10.0. The van der Waals surface area contributed by atoms with E-state index in [1.54, 1.807) is 6.26 Å². The Labute approximate surface area is 201 Å². The van der Waals surface area contributed by atoms with E-state index in [0.717, 1.165) is 16.7 Å². The molecular formula is C29H32O5. The first kappa shape index (κ1) is 24.2. The molecule has 1 fully saturated rings. The summed E-state index contributed by atoms with van der Waals surface area (Å²) in [4.78, 5) is 0. The molecule has 0 aliphatic carbocycles. The fraction of sp³-hybridized carbons (Fsp3) is 0.310. The molecule has 34 heavy (non-hydrogen) atoms. The molecule has 0 bridgehead atoms. The zero-order chi connectivity index (χ0) is 23.4. The molecule has 0 aromatic heterocycles. The van der Waals surface area contributed by atoms with Gasteiger partial charge in [-0.1, -0.05) is 97.1 Å². The molecule has 0 saturated carbocycles. The van der Waals surface area contributed by atoms with E-state index in [0.29, 0.717) is 26.4 Å². The highest BCUT2D eigenvalue weighted by molar-refractivity contribution is 5.15. The molecule has 4 rings (SSSR count). The monoisotopic (exact) mass is 460 g/mol. The number of benzene rings is 3. The highest BCUT2D eigenvalue weighted by Gasteiger charge is 2.44. The summed E-state index contributed by atoms with van der Waals surface area (Å²) >= 11 is 0. The van der Waals surface area contributed by atoms with Crippen LogP contribution in [0.5, 0.6) is 0 Å². The lowest BCUT2D eigenvalue weighted by molar-refractivity contribution is -0.287. The normalized spacial score (nSPS) is 22.6. The molecule has 0 radical (unpaired) electrons. The summed E-state index contributed by atoms with van der Waals surface area (Å²) in [6.07, 6.45) is 1.69. The van der Waals surface area contributed by atoms with Crippen molar-refractivity contribution in [1.29, 1.82) is 0 Å². The largest absolute Gasteiger partial charge is 0.470 e. The molecule has 0 N–H and O–H groups in total. The lowest BCUT2D eigenvalue weighted by Crippen LogP contribution is -2.56. The van der Waals surface area contributed by atoms with Gasteiger partial charge in [0.1, 0.15) is 18.3 Å². The van der Waals surface area contributed by atoms with Crippen LogP contribution in [0.15, 0.2) is 103 Å². The van der Waals surface area contributed by atoms with E-state index in [-0.39, 0.29) is 12.2 Å². The summed E-state index contributed by atoms with van der Waals surface area (Å²) in [6, 6.07) is 30.3. The van der Waals surface area contributed by atoms with Crippen LogP contribution in [0, 0.1) is 0 Å². The molecule has 1 unspecified atom stereocenters. The summed E-state index contributed by atoms with van der Waals surface area (Å²) in [6.45, 7) is 3.57. The van der Waals surface area contributed by atoms with E-state index in [9.17, 15) is 0 Å². The molecule has 1 saturated heterocycles. The maximum absolute atomic E-state index is 6.45. The van der Waals surface area contributed by atoms with E-state index < -0.39 is 12.4 Å². The van der Waals surface area contributed by atoms with E-state index in [4.69, 9.17) is 23.7 Å². The second-order valence-electron chi connectivity index (χ2n) is 8.16. The number of hydrogen-bond donors (Lipinski definition) is 0. The van der Waals surface area contributed by atoms with Gasteiger partial charge >= 0.3 is 0 Å². The van der Waals surface area contributed by atoms with Gasteiger partial charge in [-0.2, -0.15) is 0 Å². The van der Waals surface area contributed by atoms with Crippen LogP contribution >= 0.6 is 0 Å². The van der Waals surface area contributed by atoms with Crippen molar-refractivity contribution < 1.29 is 23.7 Å². The Hall–Kier alpha value is -2.96.